The monoisotopic (exact) mass is 243 g/mol. The molecule has 0 unspecified atom stereocenters. The molecule has 0 saturated heterocycles. The standard InChI is InChI=1S/C12H15Cl2N/c1-8-4-10(5-8)15-7-9-2-3-11(13)12(14)6-9/h2-3,6,8,10,15H,4-5,7H2,1H3. The molecule has 15 heavy (non-hydrogen) atoms. The van der Waals surface area contributed by atoms with E-state index in [1.54, 1.807) is 0 Å². The minimum atomic E-state index is 0.623. The predicted molar refractivity (Wildman–Crippen MR) is 65.5 cm³/mol. The number of halogens is 2. The second kappa shape index (κ2) is 4.73. The molecule has 0 spiro atoms. The first-order chi connectivity index (χ1) is 7.15. The van der Waals surface area contributed by atoms with Crippen molar-refractivity contribution in [2.75, 3.05) is 0 Å². The highest BCUT2D eigenvalue weighted by molar-refractivity contribution is 6.42. The van der Waals surface area contributed by atoms with Crippen LogP contribution in [0, 0.1) is 5.92 Å². The van der Waals surface area contributed by atoms with E-state index >= 15 is 0 Å². The molecule has 0 heterocycles. The molecule has 1 aliphatic rings. The van der Waals surface area contributed by atoms with Crippen molar-refractivity contribution < 1.29 is 0 Å². The van der Waals surface area contributed by atoms with Crippen molar-refractivity contribution >= 4 is 23.2 Å². The van der Waals surface area contributed by atoms with Crippen molar-refractivity contribution in [3.8, 4) is 0 Å². The second-order valence-electron chi connectivity index (χ2n) is 4.40. The molecule has 1 aromatic rings. The summed E-state index contributed by atoms with van der Waals surface area (Å²) in [4.78, 5) is 0. The molecule has 0 aromatic heterocycles. The summed E-state index contributed by atoms with van der Waals surface area (Å²) in [6.07, 6.45) is 2.59. The molecule has 1 nitrogen and oxygen atoms in total. The molecule has 1 aliphatic carbocycles. The van der Waals surface area contributed by atoms with Crippen molar-refractivity contribution in [1.29, 1.82) is 0 Å². The maximum absolute atomic E-state index is 5.94. The molecule has 1 fully saturated rings. The lowest BCUT2D eigenvalue weighted by atomic mass is 9.82. The van der Waals surface area contributed by atoms with Crippen molar-refractivity contribution in [3.05, 3.63) is 33.8 Å². The van der Waals surface area contributed by atoms with Crippen LogP contribution in [-0.4, -0.2) is 6.04 Å². The Morgan fingerprint density at radius 3 is 2.60 bits per heavy atom. The van der Waals surface area contributed by atoms with E-state index in [9.17, 15) is 0 Å². The summed E-state index contributed by atoms with van der Waals surface area (Å²) in [6.45, 7) is 3.17. The third-order valence-electron chi connectivity index (χ3n) is 2.95. The van der Waals surface area contributed by atoms with E-state index in [2.05, 4.69) is 12.2 Å². The van der Waals surface area contributed by atoms with Crippen LogP contribution in [0.4, 0.5) is 0 Å². The summed E-state index contributed by atoms with van der Waals surface area (Å²) >= 11 is 11.8. The van der Waals surface area contributed by atoms with Crippen LogP contribution in [0.25, 0.3) is 0 Å². The SMILES string of the molecule is CC1CC(NCc2ccc(Cl)c(Cl)c2)C1. The maximum atomic E-state index is 5.94. The molecule has 1 N–H and O–H groups in total. The van der Waals surface area contributed by atoms with Crippen LogP contribution in [0.2, 0.25) is 10.0 Å². The first-order valence-electron chi connectivity index (χ1n) is 5.32. The van der Waals surface area contributed by atoms with Gasteiger partial charge in [0.2, 0.25) is 0 Å². The van der Waals surface area contributed by atoms with Crippen LogP contribution in [0.15, 0.2) is 18.2 Å². The topological polar surface area (TPSA) is 12.0 Å². The fraction of sp³-hybridized carbons (Fsp3) is 0.500. The van der Waals surface area contributed by atoms with Gasteiger partial charge in [-0.15, -0.1) is 0 Å². The Morgan fingerprint density at radius 2 is 2.00 bits per heavy atom. The van der Waals surface area contributed by atoms with Crippen LogP contribution >= 0.6 is 23.2 Å². The van der Waals surface area contributed by atoms with Crippen molar-refractivity contribution in [1.82, 2.24) is 5.32 Å². The summed E-state index contributed by atoms with van der Waals surface area (Å²) in [5, 5.41) is 4.77. The Morgan fingerprint density at radius 1 is 1.27 bits per heavy atom. The highest BCUT2D eigenvalue weighted by Crippen LogP contribution is 2.27. The molecule has 0 amide bonds. The fourth-order valence-electron chi connectivity index (χ4n) is 1.98. The Bertz CT molecular complexity index is 345. The maximum Gasteiger partial charge on any atom is 0.0595 e. The molecule has 82 valence electrons. The van der Waals surface area contributed by atoms with Gasteiger partial charge in [-0.3, -0.25) is 0 Å². The smallest absolute Gasteiger partial charge is 0.0595 e. The van der Waals surface area contributed by atoms with Crippen LogP contribution < -0.4 is 5.32 Å². The summed E-state index contributed by atoms with van der Waals surface area (Å²) in [5.41, 5.74) is 1.20. The first-order valence-corrected chi connectivity index (χ1v) is 6.08. The average molecular weight is 244 g/mol. The summed E-state index contributed by atoms with van der Waals surface area (Å²) in [7, 11) is 0. The Balaban J connectivity index is 1.86. The molecule has 0 aliphatic heterocycles. The number of hydrogen-bond acceptors (Lipinski definition) is 1. The van der Waals surface area contributed by atoms with E-state index < -0.39 is 0 Å². The van der Waals surface area contributed by atoms with Crippen molar-refractivity contribution in [3.63, 3.8) is 0 Å². The van der Waals surface area contributed by atoms with Gasteiger partial charge in [-0.1, -0.05) is 36.2 Å². The number of nitrogens with one attached hydrogen (secondary N) is 1. The fourth-order valence-corrected chi connectivity index (χ4v) is 2.30. The largest absolute Gasteiger partial charge is 0.310 e. The first kappa shape index (κ1) is 11.3. The summed E-state index contributed by atoms with van der Waals surface area (Å²) < 4.78 is 0. The molecule has 1 saturated carbocycles. The number of rotatable bonds is 3. The van der Waals surface area contributed by atoms with Crippen LogP contribution in [-0.2, 0) is 6.54 Å². The van der Waals surface area contributed by atoms with E-state index in [4.69, 9.17) is 23.2 Å². The van der Waals surface area contributed by atoms with Gasteiger partial charge < -0.3 is 5.32 Å². The molecule has 3 heteroatoms. The van der Waals surface area contributed by atoms with Gasteiger partial charge in [0.25, 0.3) is 0 Å². The minimum Gasteiger partial charge on any atom is -0.310 e. The predicted octanol–water partition coefficient (Wildman–Crippen LogP) is 3.88. The zero-order chi connectivity index (χ0) is 10.8. The molecular formula is C12H15Cl2N. The van der Waals surface area contributed by atoms with E-state index in [-0.39, 0.29) is 0 Å². The van der Waals surface area contributed by atoms with E-state index in [0.29, 0.717) is 16.1 Å². The van der Waals surface area contributed by atoms with Crippen LogP contribution in [0.3, 0.4) is 0 Å². The molecule has 0 atom stereocenters. The van der Waals surface area contributed by atoms with Gasteiger partial charge in [-0.25, -0.2) is 0 Å². The molecule has 2 rings (SSSR count). The number of hydrogen-bond donors (Lipinski definition) is 1. The molecule has 0 bridgehead atoms. The zero-order valence-corrected chi connectivity index (χ0v) is 10.3. The third kappa shape index (κ3) is 2.87. The highest BCUT2D eigenvalue weighted by Gasteiger charge is 2.24. The van der Waals surface area contributed by atoms with Crippen molar-refractivity contribution in [2.24, 2.45) is 5.92 Å². The molecular weight excluding hydrogens is 229 g/mol. The Labute approximate surface area is 101 Å². The van der Waals surface area contributed by atoms with Gasteiger partial charge in [0.15, 0.2) is 0 Å². The van der Waals surface area contributed by atoms with E-state index in [0.717, 1.165) is 12.5 Å². The summed E-state index contributed by atoms with van der Waals surface area (Å²) in [5.74, 6) is 0.885. The lowest BCUT2D eigenvalue weighted by Gasteiger charge is -2.33. The van der Waals surface area contributed by atoms with Crippen LogP contribution in [0.5, 0.6) is 0 Å². The lowest BCUT2D eigenvalue weighted by molar-refractivity contribution is 0.240. The highest BCUT2D eigenvalue weighted by atomic mass is 35.5. The summed E-state index contributed by atoms with van der Waals surface area (Å²) in [6, 6.07) is 6.49. The van der Waals surface area contributed by atoms with Crippen LogP contribution in [0.1, 0.15) is 25.3 Å². The average Bonchev–Trinajstić information content (AvgIpc) is 2.16. The number of benzene rings is 1. The third-order valence-corrected chi connectivity index (χ3v) is 3.69. The Hall–Kier alpha value is -0.240. The van der Waals surface area contributed by atoms with Gasteiger partial charge in [-0.05, 0) is 36.5 Å². The van der Waals surface area contributed by atoms with E-state index in [1.807, 2.05) is 18.2 Å². The minimum absolute atomic E-state index is 0.623. The van der Waals surface area contributed by atoms with Gasteiger partial charge in [0, 0.05) is 12.6 Å². The lowest BCUT2D eigenvalue weighted by Crippen LogP contribution is -2.39. The van der Waals surface area contributed by atoms with Crippen molar-refractivity contribution in [2.45, 2.75) is 32.4 Å². The van der Waals surface area contributed by atoms with Gasteiger partial charge in [-0.2, -0.15) is 0 Å². The van der Waals surface area contributed by atoms with Gasteiger partial charge in [0.05, 0.1) is 10.0 Å². The van der Waals surface area contributed by atoms with Gasteiger partial charge >= 0.3 is 0 Å². The normalized spacial score (nSPS) is 25.0. The molecule has 1 aromatic carbocycles. The molecule has 0 radical (unpaired) electrons. The quantitative estimate of drug-likeness (QED) is 0.850. The second-order valence-corrected chi connectivity index (χ2v) is 5.22. The van der Waals surface area contributed by atoms with Gasteiger partial charge in [0.1, 0.15) is 0 Å². The van der Waals surface area contributed by atoms with E-state index in [1.165, 1.54) is 18.4 Å². The Kier molecular flexibility index (Phi) is 3.55. The zero-order valence-electron chi connectivity index (χ0n) is 8.76.